The molecule has 0 saturated carbocycles. The van der Waals surface area contributed by atoms with Gasteiger partial charge < -0.3 is 9.64 Å². The maximum absolute atomic E-state index is 11.6. The summed E-state index contributed by atoms with van der Waals surface area (Å²) in [4.78, 5) is 12.3. The van der Waals surface area contributed by atoms with Gasteiger partial charge in [-0.05, 0) is 0 Å². The molecule has 0 bridgehead atoms. The molecule has 0 aliphatic rings. The third kappa shape index (κ3) is 7.14. The predicted octanol–water partition coefficient (Wildman–Crippen LogP) is 1.42. The zero-order chi connectivity index (χ0) is 11.2. The van der Waals surface area contributed by atoms with Crippen LogP contribution in [-0.4, -0.2) is 49.1 Å². The lowest BCUT2D eigenvalue weighted by molar-refractivity contribution is -0.177. The molecular weight excluding hydrogens is 267 g/mol. The van der Waals surface area contributed by atoms with E-state index in [1.54, 1.807) is 0 Å². The van der Waals surface area contributed by atoms with Crippen LogP contribution in [0.5, 0.6) is 0 Å². The van der Waals surface area contributed by atoms with Crippen molar-refractivity contribution < 1.29 is 22.7 Å². The molecular formula is C7H11BrF3NO2. The highest BCUT2D eigenvalue weighted by atomic mass is 79.9. The van der Waals surface area contributed by atoms with Crippen LogP contribution in [0.4, 0.5) is 13.2 Å². The Balaban J connectivity index is 3.64. The molecule has 0 N–H and O–H groups in total. The summed E-state index contributed by atoms with van der Waals surface area (Å²) in [6.45, 7) is -1.49. The Bertz CT molecular complexity index is 186. The summed E-state index contributed by atoms with van der Waals surface area (Å²) < 4.78 is 39.0. The highest BCUT2D eigenvalue weighted by molar-refractivity contribution is 9.09. The van der Waals surface area contributed by atoms with Gasteiger partial charge >= 0.3 is 6.18 Å². The maximum Gasteiger partial charge on any atom is 0.411 e. The fourth-order valence-corrected chi connectivity index (χ4v) is 1.15. The van der Waals surface area contributed by atoms with E-state index >= 15 is 0 Å². The molecule has 0 aliphatic carbocycles. The molecule has 14 heavy (non-hydrogen) atoms. The van der Waals surface area contributed by atoms with Crippen molar-refractivity contribution in [2.24, 2.45) is 0 Å². The van der Waals surface area contributed by atoms with Crippen molar-refractivity contribution in [3.63, 3.8) is 0 Å². The summed E-state index contributed by atoms with van der Waals surface area (Å²) in [5.41, 5.74) is 0. The summed E-state index contributed by atoms with van der Waals surface area (Å²) in [7, 11) is 1.50. The van der Waals surface area contributed by atoms with Gasteiger partial charge in [-0.2, -0.15) is 13.2 Å². The Hall–Kier alpha value is -0.300. The van der Waals surface area contributed by atoms with Crippen molar-refractivity contribution in [1.82, 2.24) is 4.90 Å². The van der Waals surface area contributed by atoms with E-state index < -0.39 is 25.3 Å². The zero-order valence-corrected chi connectivity index (χ0v) is 9.19. The van der Waals surface area contributed by atoms with E-state index in [1.165, 1.54) is 11.9 Å². The minimum atomic E-state index is -4.38. The SMILES string of the molecule is CN(CCBr)C(=O)COCC(F)(F)F. The highest BCUT2D eigenvalue weighted by Gasteiger charge is 2.27. The number of nitrogens with zero attached hydrogens (tertiary/aromatic N) is 1. The van der Waals surface area contributed by atoms with E-state index in [1.807, 2.05) is 0 Å². The van der Waals surface area contributed by atoms with Crippen LogP contribution in [0.15, 0.2) is 0 Å². The second kappa shape index (κ2) is 6.23. The molecule has 0 radical (unpaired) electrons. The molecule has 0 aromatic heterocycles. The first-order valence-electron chi connectivity index (χ1n) is 3.81. The second-order valence-corrected chi connectivity index (χ2v) is 3.41. The quantitative estimate of drug-likeness (QED) is 0.712. The number of hydrogen-bond acceptors (Lipinski definition) is 2. The average Bonchev–Trinajstić information content (AvgIpc) is 2.02. The molecule has 0 aromatic carbocycles. The molecule has 84 valence electrons. The van der Waals surface area contributed by atoms with Crippen LogP contribution in [-0.2, 0) is 9.53 Å². The smallest absolute Gasteiger partial charge is 0.362 e. The van der Waals surface area contributed by atoms with Crippen molar-refractivity contribution in [3.8, 4) is 0 Å². The Morgan fingerprint density at radius 2 is 2.07 bits per heavy atom. The van der Waals surface area contributed by atoms with Crippen LogP contribution in [0.2, 0.25) is 0 Å². The fourth-order valence-electron chi connectivity index (χ4n) is 0.616. The normalized spacial score (nSPS) is 11.5. The van der Waals surface area contributed by atoms with Gasteiger partial charge in [0, 0.05) is 18.9 Å². The number of carbonyl (C=O) groups is 1. The van der Waals surface area contributed by atoms with Gasteiger partial charge in [0.15, 0.2) is 0 Å². The van der Waals surface area contributed by atoms with Crippen LogP contribution in [0.3, 0.4) is 0 Å². The molecule has 0 fully saturated rings. The summed E-state index contributed by atoms with van der Waals surface area (Å²) >= 11 is 3.10. The van der Waals surface area contributed by atoms with Crippen LogP contribution in [0.25, 0.3) is 0 Å². The van der Waals surface area contributed by atoms with Gasteiger partial charge in [0.05, 0.1) is 0 Å². The fraction of sp³-hybridized carbons (Fsp3) is 0.857. The van der Waals surface area contributed by atoms with Crippen molar-refractivity contribution >= 4 is 21.8 Å². The topological polar surface area (TPSA) is 29.5 Å². The molecule has 0 aromatic rings. The Morgan fingerprint density at radius 1 is 1.50 bits per heavy atom. The molecule has 0 unspecified atom stereocenters. The average molecular weight is 278 g/mol. The Morgan fingerprint density at radius 3 is 2.50 bits per heavy atom. The van der Waals surface area contributed by atoms with E-state index in [9.17, 15) is 18.0 Å². The van der Waals surface area contributed by atoms with Gasteiger partial charge in [-0.15, -0.1) is 0 Å². The lowest BCUT2D eigenvalue weighted by Crippen LogP contribution is -2.33. The zero-order valence-electron chi connectivity index (χ0n) is 7.60. The first kappa shape index (κ1) is 13.7. The number of halogens is 4. The number of amides is 1. The van der Waals surface area contributed by atoms with Gasteiger partial charge in [0.1, 0.15) is 13.2 Å². The standard InChI is InChI=1S/C7H11BrF3NO2/c1-12(3-2-8)6(13)4-14-5-7(9,10)11/h2-5H2,1H3. The summed E-state index contributed by atoms with van der Waals surface area (Å²) in [6, 6.07) is 0. The van der Waals surface area contributed by atoms with Gasteiger partial charge in [0.2, 0.25) is 5.91 Å². The highest BCUT2D eigenvalue weighted by Crippen LogP contribution is 2.14. The van der Waals surface area contributed by atoms with Crippen LogP contribution < -0.4 is 0 Å². The molecule has 0 heterocycles. The van der Waals surface area contributed by atoms with Gasteiger partial charge in [-0.25, -0.2) is 0 Å². The monoisotopic (exact) mass is 277 g/mol. The van der Waals surface area contributed by atoms with E-state index in [0.29, 0.717) is 11.9 Å². The number of hydrogen-bond donors (Lipinski definition) is 0. The molecule has 1 amide bonds. The molecule has 7 heteroatoms. The third-order valence-corrected chi connectivity index (χ3v) is 1.69. The van der Waals surface area contributed by atoms with Crippen molar-refractivity contribution in [3.05, 3.63) is 0 Å². The van der Waals surface area contributed by atoms with Gasteiger partial charge in [-0.1, -0.05) is 15.9 Å². The molecule has 0 atom stereocenters. The van der Waals surface area contributed by atoms with Crippen LogP contribution >= 0.6 is 15.9 Å². The molecule has 0 rings (SSSR count). The van der Waals surface area contributed by atoms with E-state index in [2.05, 4.69) is 20.7 Å². The number of likely N-dealkylation sites (N-methyl/N-ethyl adjacent to an activating group) is 1. The lowest BCUT2D eigenvalue weighted by Gasteiger charge is -2.15. The minimum absolute atomic E-state index is 0.439. The summed E-state index contributed by atoms with van der Waals surface area (Å²) in [5.74, 6) is -0.464. The lowest BCUT2D eigenvalue weighted by atomic mass is 10.5. The van der Waals surface area contributed by atoms with Gasteiger partial charge in [0.25, 0.3) is 0 Å². The van der Waals surface area contributed by atoms with Crippen LogP contribution in [0, 0.1) is 0 Å². The number of carbonyl (C=O) groups excluding carboxylic acids is 1. The predicted molar refractivity (Wildman–Crippen MR) is 48.3 cm³/mol. The van der Waals surface area contributed by atoms with Gasteiger partial charge in [-0.3, -0.25) is 4.79 Å². The molecule has 3 nitrogen and oxygen atoms in total. The number of ether oxygens (including phenoxy) is 1. The van der Waals surface area contributed by atoms with Crippen molar-refractivity contribution in [1.29, 1.82) is 0 Å². The van der Waals surface area contributed by atoms with E-state index in [-0.39, 0.29) is 0 Å². The maximum atomic E-state index is 11.6. The Labute approximate surface area is 88.3 Å². The minimum Gasteiger partial charge on any atom is -0.362 e. The first-order valence-corrected chi connectivity index (χ1v) is 4.93. The van der Waals surface area contributed by atoms with Crippen molar-refractivity contribution in [2.45, 2.75) is 6.18 Å². The number of rotatable bonds is 5. The molecule has 0 spiro atoms. The Kier molecular flexibility index (Phi) is 6.10. The van der Waals surface area contributed by atoms with Crippen LogP contribution in [0.1, 0.15) is 0 Å². The van der Waals surface area contributed by atoms with Crippen molar-refractivity contribution in [2.75, 3.05) is 32.1 Å². The number of alkyl halides is 4. The van der Waals surface area contributed by atoms with E-state index in [4.69, 9.17) is 0 Å². The second-order valence-electron chi connectivity index (χ2n) is 2.61. The largest absolute Gasteiger partial charge is 0.411 e. The molecule has 0 aliphatic heterocycles. The summed E-state index contributed by atoms with van der Waals surface area (Å²) in [5, 5.41) is 0.578. The first-order chi connectivity index (χ1) is 6.37. The van der Waals surface area contributed by atoms with E-state index in [0.717, 1.165) is 0 Å². The summed E-state index contributed by atoms with van der Waals surface area (Å²) in [6.07, 6.45) is -4.38. The third-order valence-electron chi connectivity index (χ3n) is 1.34. The molecule has 0 saturated heterocycles.